The van der Waals surface area contributed by atoms with Crippen LogP contribution in [0.25, 0.3) is 0 Å². The molecule has 2 saturated carbocycles. The number of rotatable bonds is 6. The van der Waals surface area contributed by atoms with Crippen molar-refractivity contribution in [3.05, 3.63) is 0 Å². The molecule has 0 saturated heterocycles. The molecule has 1 N–H and O–H groups in total. The topological polar surface area (TPSA) is 64.6 Å². The van der Waals surface area contributed by atoms with E-state index in [1.54, 1.807) is 0 Å². The van der Waals surface area contributed by atoms with Gasteiger partial charge in [-0.2, -0.15) is 4.28 Å². The van der Waals surface area contributed by atoms with E-state index in [-0.39, 0.29) is 11.4 Å². The Morgan fingerprint density at radius 2 is 1.38 bits per heavy atom. The summed E-state index contributed by atoms with van der Waals surface area (Å²) in [5, 5.41) is -0.247. The Kier molecular flexibility index (Phi) is 7.14. The zero-order valence-corrected chi connectivity index (χ0v) is 13.3. The Morgan fingerprint density at radius 3 is 1.95 bits per heavy atom. The van der Waals surface area contributed by atoms with Crippen LogP contribution in [0.2, 0.25) is 0 Å². The summed E-state index contributed by atoms with van der Waals surface area (Å²) in [7, 11) is 0. The Balaban J connectivity index is 1.63. The summed E-state index contributed by atoms with van der Waals surface area (Å²) < 4.78 is 59.3. The van der Waals surface area contributed by atoms with Crippen molar-refractivity contribution < 1.29 is 25.7 Å². The fraction of sp³-hybridized carbons (Fsp3) is 1.00. The first-order valence-corrected chi connectivity index (χ1v) is 9.46. The van der Waals surface area contributed by atoms with Crippen molar-refractivity contribution in [2.45, 2.75) is 75.1 Å². The quantitative estimate of drug-likeness (QED) is 0.751. The van der Waals surface area contributed by atoms with Crippen LogP contribution in [0.15, 0.2) is 0 Å². The lowest BCUT2D eigenvalue weighted by Crippen LogP contribution is -2.32. The van der Waals surface area contributed by atoms with E-state index < -0.39 is 34.7 Å². The molecule has 0 aromatic carbocycles. The molecule has 0 spiro atoms. The van der Waals surface area contributed by atoms with Crippen molar-refractivity contribution in [2.24, 2.45) is 0 Å². The zero-order chi connectivity index (χ0) is 15.2. The summed E-state index contributed by atoms with van der Waals surface area (Å²) in [4.78, 5) is 2.11. The molecule has 2 unspecified atom stereocenters. The van der Waals surface area contributed by atoms with Gasteiger partial charge in [-0.1, -0.05) is 4.89 Å². The summed E-state index contributed by atoms with van der Waals surface area (Å²) >= 11 is -3.59. The lowest BCUT2D eigenvalue weighted by molar-refractivity contribution is 0.118. The third-order valence-corrected chi connectivity index (χ3v) is 5.92. The van der Waals surface area contributed by atoms with Crippen molar-refractivity contribution in [2.75, 3.05) is 0 Å². The van der Waals surface area contributed by atoms with Crippen molar-refractivity contribution in [3.63, 3.8) is 0 Å². The summed E-state index contributed by atoms with van der Waals surface area (Å²) in [6.07, 6.45) is 1.67. The molecule has 2 aliphatic carbocycles. The van der Waals surface area contributed by atoms with Gasteiger partial charge in [-0.15, -0.1) is 0 Å². The Morgan fingerprint density at radius 1 is 0.857 bits per heavy atom. The highest BCUT2D eigenvalue weighted by molar-refractivity contribution is 7.82. The molecule has 0 heterocycles. The molecular weight excluding hydrogens is 324 g/mol. The molecule has 124 valence electrons. The highest BCUT2D eigenvalue weighted by Crippen LogP contribution is 2.25. The zero-order valence-electron chi connectivity index (χ0n) is 11.7. The number of halogens is 2. The van der Waals surface area contributed by atoms with E-state index in [0.717, 1.165) is 0 Å². The van der Waals surface area contributed by atoms with E-state index in [4.69, 9.17) is 8.47 Å². The van der Waals surface area contributed by atoms with E-state index in [2.05, 4.69) is 4.89 Å². The van der Waals surface area contributed by atoms with Crippen LogP contribution in [-0.2, 0) is 30.8 Å². The van der Waals surface area contributed by atoms with Crippen LogP contribution in [0.1, 0.15) is 51.4 Å². The van der Waals surface area contributed by atoms with Gasteiger partial charge in [-0.25, -0.2) is 17.2 Å². The highest BCUT2D eigenvalue weighted by Gasteiger charge is 2.27. The summed E-state index contributed by atoms with van der Waals surface area (Å²) in [5.41, 5.74) is 0. The SMILES string of the molecule is O=S(NOS(=O)C1CCC(F)CC1)OC1CCC(F)CC1. The third-order valence-electron chi connectivity index (χ3n) is 3.89. The second-order valence-electron chi connectivity index (χ2n) is 5.51. The van der Waals surface area contributed by atoms with Gasteiger partial charge in [0, 0.05) is 0 Å². The summed E-state index contributed by atoms with van der Waals surface area (Å²) in [5.74, 6) is 0. The van der Waals surface area contributed by atoms with Crippen molar-refractivity contribution >= 4 is 22.3 Å². The van der Waals surface area contributed by atoms with Gasteiger partial charge >= 0.3 is 0 Å². The normalized spacial score (nSPS) is 37.0. The predicted octanol–water partition coefficient (Wildman–Crippen LogP) is 2.33. The lowest BCUT2D eigenvalue weighted by atomic mass is 9.96. The average Bonchev–Trinajstić information content (AvgIpc) is 2.48. The molecule has 0 aliphatic heterocycles. The summed E-state index contributed by atoms with van der Waals surface area (Å²) in [6.45, 7) is 0. The molecule has 0 aromatic heterocycles. The van der Waals surface area contributed by atoms with Crippen LogP contribution in [-0.4, -0.2) is 32.1 Å². The van der Waals surface area contributed by atoms with E-state index in [9.17, 15) is 17.2 Å². The molecule has 2 fully saturated rings. The number of hydrogen-bond donors (Lipinski definition) is 1. The van der Waals surface area contributed by atoms with Crippen LogP contribution in [0.4, 0.5) is 8.78 Å². The molecule has 2 aliphatic rings. The third kappa shape index (κ3) is 5.97. The van der Waals surface area contributed by atoms with Crippen molar-refractivity contribution in [1.82, 2.24) is 4.89 Å². The first kappa shape index (κ1) is 17.4. The standard InChI is InChI=1S/C12H21F2NO4S2/c13-9-1-5-11(6-2-9)18-21(17)15-19-20(16)12-7-3-10(14)4-8-12/h9-12,15H,1-8H2. The van der Waals surface area contributed by atoms with Gasteiger partial charge < -0.3 is 0 Å². The van der Waals surface area contributed by atoms with Gasteiger partial charge in [0.2, 0.25) is 0 Å². The number of alkyl halides is 2. The minimum absolute atomic E-state index is 0.247. The molecular formula is C12H21F2NO4S2. The smallest absolute Gasteiger partial charge is 0.260 e. The lowest BCUT2D eigenvalue weighted by Gasteiger charge is -2.24. The molecule has 5 nitrogen and oxygen atoms in total. The Hall–Kier alpha value is 0.0400. The Bertz CT molecular complexity index is 372. The van der Waals surface area contributed by atoms with E-state index in [0.29, 0.717) is 51.4 Å². The van der Waals surface area contributed by atoms with Gasteiger partial charge in [-0.05, 0) is 51.4 Å². The maximum atomic E-state index is 13.0. The van der Waals surface area contributed by atoms with E-state index in [1.165, 1.54) is 0 Å². The first-order valence-electron chi connectivity index (χ1n) is 7.25. The van der Waals surface area contributed by atoms with Gasteiger partial charge in [0.1, 0.15) is 12.3 Å². The van der Waals surface area contributed by atoms with Crippen LogP contribution in [0.3, 0.4) is 0 Å². The number of nitrogens with one attached hydrogen (secondary N) is 1. The number of hydrogen-bond acceptors (Lipinski definition) is 4. The molecule has 0 radical (unpaired) electrons. The fourth-order valence-corrected chi connectivity index (χ4v) is 4.37. The van der Waals surface area contributed by atoms with Crippen LogP contribution < -0.4 is 4.89 Å². The van der Waals surface area contributed by atoms with Crippen LogP contribution in [0.5, 0.6) is 0 Å². The molecule has 2 rings (SSSR count). The van der Waals surface area contributed by atoms with Crippen LogP contribution in [0, 0.1) is 0 Å². The van der Waals surface area contributed by atoms with E-state index in [1.807, 2.05) is 0 Å². The van der Waals surface area contributed by atoms with Crippen molar-refractivity contribution in [3.8, 4) is 0 Å². The minimum atomic E-state index is -1.92. The maximum absolute atomic E-state index is 13.0. The fourth-order valence-electron chi connectivity index (χ4n) is 2.61. The molecule has 0 amide bonds. The maximum Gasteiger partial charge on any atom is 0.260 e. The molecule has 9 heteroatoms. The first-order chi connectivity index (χ1) is 10.0. The summed E-state index contributed by atoms with van der Waals surface area (Å²) in [6, 6.07) is 0. The van der Waals surface area contributed by atoms with Crippen LogP contribution >= 0.6 is 0 Å². The second-order valence-corrected chi connectivity index (χ2v) is 7.69. The highest BCUT2D eigenvalue weighted by atomic mass is 32.2. The van der Waals surface area contributed by atoms with Gasteiger partial charge in [0.25, 0.3) is 11.3 Å². The second kappa shape index (κ2) is 8.61. The minimum Gasteiger partial charge on any atom is -0.273 e. The van der Waals surface area contributed by atoms with Gasteiger partial charge in [0.05, 0.1) is 11.4 Å². The average molecular weight is 345 g/mol. The van der Waals surface area contributed by atoms with Crippen molar-refractivity contribution in [1.29, 1.82) is 0 Å². The molecule has 0 aromatic rings. The predicted molar refractivity (Wildman–Crippen MR) is 75.9 cm³/mol. The van der Waals surface area contributed by atoms with Gasteiger partial charge in [-0.3, -0.25) is 4.18 Å². The Labute approximate surface area is 128 Å². The van der Waals surface area contributed by atoms with Gasteiger partial charge in [0.15, 0.2) is 11.1 Å². The molecule has 2 atom stereocenters. The largest absolute Gasteiger partial charge is 0.273 e. The van der Waals surface area contributed by atoms with E-state index >= 15 is 0 Å². The molecule has 21 heavy (non-hydrogen) atoms. The molecule has 0 bridgehead atoms. The monoisotopic (exact) mass is 345 g/mol.